The van der Waals surface area contributed by atoms with Gasteiger partial charge in [-0.05, 0) is 20.8 Å². The third-order valence-corrected chi connectivity index (χ3v) is 1.60. The summed E-state index contributed by atoms with van der Waals surface area (Å²) in [5.41, 5.74) is -0.218. The molecule has 4 heteroatoms. The lowest BCUT2D eigenvalue weighted by molar-refractivity contribution is -0.119. The van der Waals surface area contributed by atoms with Crippen molar-refractivity contribution in [3.63, 3.8) is 0 Å². The van der Waals surface area contributed by atoms with E-state index in [2.05, 4.69) is 17.6 Å². The van der Waals surface area contributed by atoms with Gasteiger partial charge in [-0.1, -0.05) is 0 Å². The van der Waals surface area contributed by atoms with Crippen LogP contribution in [0, 0.1) is 6.92 Å². The number of amides is 1. The third kappa shape index (κ3) is 7.74. The van der Waals surface area contributed by atoms with Crippen LogP contribution in [-0.4, -0.2) is 35.7 Å². The van der Waals surface area contributed by atoms with Crippen molar-refractivity contribution in [1.29, 1.82) is 0 Å². The molecule has 0 bridgehead atoms. The minimum Gasteiger partial charge on any atom is -0.392 e. The molecule has 0 heterocycles. The molecule has 0 aliphatic carbocycles. The smallest absolute Gasteiger partial charge is 0.216 e. The molecular formula is C9H19N2O2. The van der Waals surface area contributed by atoms with E-state index in [9.17, 15) is 4.79 Å². The Labute approximate surface area is 79.7 Å². The Morgan fingerprint density at radius 2 is 2.15 bits per heavy atom. The summed E-state index contributed by atoms with van der Waals surface area (Å²) in [6.07, 6.45) is -0.614. The maximum atomic E-state index is 10.6. The molecule has 0 aromatic rings. The molecule has 0 aromatic heterocycles. The molecule has 1 atom stereocenters. The number of carbonyl (C=O) groups excluding carboxylic acids is 1. The zero-order valence-electron chi connectivity index (χ0n) is 8.55. The van der Waals surface area contributed by atoms with Crippen molar-refractivity contribution in [2.75, 3.05) is 13.1 Å². The molecule has 13 heavy (non-hydrogen) atoms. The average molecular weight is 187 g/mol. The van der Waals surface area contributed by atoms with E-state index in [1.54, 1.807) is 0 Å². The lowest BCUT2D eigenvalue weighted by Crippen LogP contribution is -2.50. The Hall–Kier alpha value is -0.610. The molecule has 0 aliphatic heterocycles. The highest BCUT2D eigenvalue weighted by Crippen LogP contribution is 1.99. The summed E-state index contributed by atoms with van der Waals surface area (Å²) in [6.45, 7) is 9.78. The predicted molar refractivity (Wildman–Crippen MR) is 52.1 cm³/mol. The summed E-state index contributed by atoms with van der Waals surface area (Å²) in [5, 5.41) is 14.7. The zero-order valence-corrected chi connectivity index (χ0v) is 8.55. The van der Waals surface area contributed by atoms with Crippen molar-refractivity contribution in [3.8, 4) is 0 Å². The first-order valence-electron chi connectivity index (χ1n) is 4.34. The van der Waals surface area contributed by atoms with E-state index in [-0.39, 0.29) is 11.4 Å². The lowest BCUT2D eigenvalue weighted by Gasteiger charge is -2.27. The fourth-order valence-electron chi connectivity index (χ4n) is 0.802. The van der Waals surface area contributed by atoms with Crippen LogP contribution in [0.15, 0.2) is 0 Å². The molecule has 0 fully saturated rings. The van der Waals surface area contributed by atoms with Gasteiger partial charge in [0.1, 0.15) is 0 Å². The molecule has 0 aliphatic rings. The molecule has 0 spiro atoms. The van der Waals surface area contributed by atoms with Gasteiger partial charge in [-0.25, -0.2) is 0 Å². The van der Waals surface area contributed by atoms with Gasteiger partial charge in [0, 0.05) is 25.6 Å². The summed E-state index contributed by atoms with van der Waals surface area (Å²) in [6, 6.07) is 0. The van der Waals surface area contributed by atoms with Gasteiger partial charge < -0.3 is 15.7 Å². The van der Waals surface area contributed by atoms with E-state index in [1.807, 2.05) is 13.8 Å². The summed E-state index contributed by atoms with van der Waals surface area (Å²) in [4.78, 5) is 10.6. The Morgan fingerprint density at radius 3 is 2.54 bits per heavy atom. The first-order chi connectivity index (χ1) is 5.83. The Bertz CT molecular complexity index is 167. The van der Waals surface area contributed by atoms with E-state index in [0.717, 1.165) is 0 Å². The van der Waals surface area contributed by atoms with E-state index < -0.39 is 6.10 Å². The minimum atomic E-state index is -0.614. The normalized spacial score (nSPS) is 13.9. The summed E-state index contributed by atoms with van der Waals surface area (Å²) >= 11 is 0. The molecule has 1 radical (unpaired) electrons. The number of aliphatic hydroxyl groups is 1. The van der Waals surface area contributed by atoms with Crippen LogP contribution in [0.1, 0.15) is 20.8 Å². The van der Waals surface area contributed by atoms with Crippen LogP contribution in [0.25, 0.3) is 0 Å². The molecule has 0 saturated heterocycles. The average Bonchev–Trinajstić information content (AvgIpc) is 1.98. The van der Waals surface area contributed by atoms with Crippen molar-refractivity contribution in [2.24, 2.45) is 0 Å². The van der Waals surface area contributed by atoms with Gasteiger partial charge >= 0.3 is 0 Å². The number of nitrogens with one attached hydrogen (secondary N) is 2. The number of β-amino-alcohol motifs (C(OH)–C–C–N with tert-alkyl or cyclic N) is 1. The maximum absolute atomic E-state index is 10.6. The topological polar surface area (TPSA) is 61.4 Å². The van der Waals surface area contributed by atoms with E-state index in [4.69, 9.17) is 5.11 Å². The minimum absolute atomic E-state index is 0.0509. The van der Waals surface area contributed by atoms with Crippen LogP contribution in [-0.2, 0) is 4.79 Å². The molecule has 0 aromatic carbocycles. The van der Waals surface area contributed by atoms with Gasteiger partial charge in [0.25, 0.3) is 0 Å². The fourth-order valence-corrected chi connectivity index (χ4v) is 0.802. The van der Waals surface area contributed by atoms with Crippen molar-refractivity contribution in [2.45, 2.75) is 32.4 Å². The molecule has 0 rings (SSSR count). The second-order valence-electron chi connectivity index (χ2n) is 3.83. The van der Waals surface area contributed by atoms with Crippen molar-refractivity contribution in [3.05, 3.63) is 6.92 Å². The first kappa shape index (κ1) is 12.4. The van der Waals surface area contributed by atoms with Crippen molar-refractivity contribution in [1.82, 2.24) is 10.6 Å². The molecule has 77 valence electrons. The van der Waals surface area contributed by atoms with E-state index in [1.165, 1.54) is 6.92 Å². The highest BCUT2D eigenvalue weighted by Gasteiger charge is 2.17. The van der Waals surface area contributed by atoms with Gasteiger partial charge in [0.15, 0.2) is 0 Å². The molecule has 0 saturated carbocycles. The summed E-state index contributed by atoms with van der Waals surface area (Å²) in [7, 11) is 0. The molecule has 1 amide bonds. The second-order valence-corrected chi connectivity index (χ2v) is 3.83. The monoisotopic (exact) mass is 187 g/mol. The van der Waals surface area contributed by atoms with Gasteiger partial charge in [-0.15, -0.1) is 0 Å². The van der Waals surface area contributed by atoms with Crippen LogP contribution >= 0.6 is 0 Å². The van der Waals surface area contributed by atoms with E-state index >= 15 is 0 Å². The number of hydrogen-bond donors (Lipinski definition) is 3. The lowest BCUT2D eigenvalue weighted by atomic mass is 10.1. The fraction of sp³-hybridized carbons (Fsp3) is 0.778. The Morgan fingerprint density at radius 1 is 1.62 bits per heavy atom. The SMILES string of the molecule is [CH2]C(O)CNC(C)(C)CNC(C)=O. The zero-order chi connectivity index (χ0) is 10.5. The van der Waals surface area contributed by atoms with E-state index in [0.29, 0.717) is 13.1 Å². The number of aliphatic hydroxyl groups excluding tert-OH is 1. The van der Waals surface area contributed by atoms with Crippen LogP contribution in [0.3, 0.4) is 0 Å². The molecule has 1 unspecified atom stereocenters. The first-order valence-corrected chi connectivity index (χ1v) is 4.34. The second kappa shape index (κ2) is 5.19. The third-order valence-electron chi connectivity index (χ3n) is 1.60. The molecular weight excluding hydrogens is 168 g/mol. The van der Waals surface area contributed by atoms with Crippen LogP contribution in [0.4, 0.5) is 0 Å². The largest absolute Gasteiger partial charge is 0.392 e. The van der Waals surface area contributed by atoms with Crippen LogP contribution < -0.4 is 10.6 Å². The number of carbonyl (C=O) groups is 1. The molecule has 4 nitrogen and oxygen atoms in total. The standard InChI is InChI=1S/C9H19N2O2/c1-7(12)5-11-9(3,4)6-10-8(2)13/h7,11-12H,1,5-6H2,2-4H3,(H,10,13). The van der Waals surface area contributed by atoms with Gasteiger partial charge in [0.05, 0.1) is 6.10 Å². The van der Waals surface area contributed by atoms with Crippen molar-refractivity contribution >= 4 is 5.91 Å². The van der Waals surface area contributed by atoms with Crippen LogP contribution in [0.2, 0.25) is 0 Å². The summed E-state index contributed by atoms with van der Waals surface area (Å²) < 4.78 is 0. The maximum Gasteiger partial charge on any atom is 0.216 e. The predicted octanol–water partition coefficient (Wildman–Crippen LogP) is -0.314. The van der Waals surface area contributed by atoms with Gasteiger partial charge in [-0.2, -0.15) is 0 Å². The number of hydrogen-bond acceptors (Lipinski definition) is 3. The van der Waals surface area contributed by atoms with Crippen molar-refractivity contribution < 1.29 is 9.90 Å². The van der Waals surface area contributed by atoms with Crippen LogP contribution in [0.5, 0.6) is 0 Å². The Kier molecular flexibility index (Phi) is 4.95. The molecule has 3 N–H and O–H groups in total. The summed E-state index contributed by atoms with van der Waals surface area (Å²) in [5.74, 6) is -0.0509. The quantitative estimate of drug-likeness (QED) is 0.553. The highest BCUT2D eigenvalue weighted by atomic mass is 16.3. The van der Waals surface area contributed by atoms with Gasteiger partial charge in [-0.3, -0.25) is 4.79 Å². The number of rotatable bonds is 5. The highest BCUT2D eigenvalue weighted by molar-refractivity contribution is 5.72. The van der Waals surface area contributed by atoms with Gasteiger partial charge in [0.2, 0.25) is 5.91 Å². The Balaban J connectivity index is 3.72.